The number of hydrogen-bond acceptors (Lipinski definition) is 3. The van der Waals surface area contributed by atoms with Crippen LogP contribution in [0.4, 0.5) is 0 Å². The summed E-state index contributed by atoms with van der Waals surface area (Å²) in [5, 5.41) is 0. The number of piperidine rings is 1. The summed E-state index contributed by atoms with van der Waals surface area (Å²) < 4.78 is 0. The molecule has 3 fully saturated rings. The monoisotopic (exact) mass is 313 g/mol. The van der Waals surface area contributed by atoms with Crippen LogP contribution in [0.15, 0.2) is 36.0 Å². The molecule has 0 aliphatic carbocycles. The van der Waals surface area contributed by atoms with Crippen molar-refractivity contribution < 1.29 is 0 Å². The van der Waals surface area contributed by atoms with Gasteiger partial charge in [0, 0.05) is 45.0 Å². The second kappa shape index (κ2) is 8.07. The summed E-state index contributed by atoms with van der Waals surface area (Å²) in [5.74, 6) is 0.841. The van der Waals surface area contributed by atoms with Gasteiger partial charge in [0.1, 0.15) is 0 Å². The van der Waals surface area contributed by atoms with Gasteiger partial charge in [-0.15, -0.1) is 0 Å². The summed E-state index contributed by atoms with van der Waals surface area (Å²) in [6.07, 6.45) is 9.50. The van der Waals surface area contributed by atoms with Crippen molar-refractivity contribution in [2.75, 3.05) is 26.2 Å². The fourth-order valence-electron chi connectivity index (χ4n) is 3.99. The first-order valence-corrected chi connectivity index (χ1v) is 9.26. The normalized spacial score (nSPS) is 26.4. The van der Waals surface area contributed by atoms with Crippen molar-refractivity contribution in [2.24, 2.45) is 5.92 Å². The van der Waals surface area contributed by atoms with Gasteiger partial charge in [0.2, 0.25) is 0 Å². The molecule has 1 aromatic heterocycles. The first-order chi connectivity index (χ1) is 11.2. The van der Waals surface area contributed by atoms with E-state index in [0.29, 0.717) is 6.04 Å². The molecule has 3 saturated heterocycles. The quantitative estimate of drug-likeness (QED) is 0.746. The lowest BCUT2D eigenvalue weighted by atomic mass is 9.95. The van der Waals surface area contributed by atoms with Gasteiger partial charge in [0.25, 0.3) is 0 Å². The van der Waals surface area contributed by atoms with Crippen molar-refractivity contribution in [3.8, 4) is 0 Å². The highest BCUT2D eigenvalue weighted by Crippen LogP contribution is 2.29. The molecule has 126 valence electrons. The van der Waals surface area contributed by atoms with Crippen molar-refractivity contribution in [2.45, 2.75) is 52.1 Å². The number of allylic oxidation sites excluding steroid dienone is 1. The molecule has 4 rings (SSSR count). The van der Waals surface area contributed by atoms with Crippen molar-refractivity contribution >= 4 is 0 Å². The van der Waals surface area contributed by atoms with Gasteiger partial charge in [0.05, 0.1) is 5.69 Å². The Balaban J connectivity index is 1.57. The molecule has 2 atom stereocenters. The fraction of sp³-hybridized carbons (Fsp3) is 0.650. The van der Waals surface area contributed by atoms with Crippen LogP contribution in [0, 0.1) is 5.92 Å². The Morgan fingerprint density at radius 3 is 2.96 bits per heavy atom. The Labute approximate surface area is 141 Å². The fourth-order valence-corrected chi connectivity index (χ4v) is 3.99. The minimum absolute atomic E-state index is 0.715. The lowest BCUT2D eigenvalue weighted by Crippen LogP contribution is -2.43. The minimum atomic E-state index is 0.715. The number of nitrogens with zero attached hydrogens (tertiary/aromatic N) is 3. The SMILES string of the molecule is CC/C(C)=C/CCN1C[C@H]2CC[C@@H](C1)N(Cc1ccccn1)C2. The molecule has 23 heavy (non-hydrogen) atoms. The maximum absolute atomic E-state index is 4.52. The van der Waals surface area contributed by atoms with Gasteiger partial charge in [-0.25, -0.2) is 0 Å². The summed E-state index contributed by atoms with van der Waals surface area (Å²) in [4.78, 5) is 9.91. The Kier molecular flexibility index (Phi) is 5.85. The van der Waals surface area contributed by atoms with Crippen LogP contribution in [0.25, 0.3) is 0 Å². The molecule has 0 saturated carbocycles. The lowest BCUT2D eigenvalue weighted by Gasteiger charge is -2.35. The molecule has 4 heterocycles. The average molecular weight is 313 g/mol. The van der Waals surface area contributed by atoms with E-state index < -0.39 is 0 Å². The molecule has 0 amide bonds. The predicted molar refractivity (Wildman–Crippen MR) is 96.3 cm³/mol. The number of pyridine rings is 1. The van der Waals surface area contributed by atoms with Gasteiger partial charge in [0.15, 0.2) is 0 Å². The van der Waals surface area contributed by atoms with Crippen LogP contribution in [0.1, 0.15) is 45.2 Å². The molecule has 3 heteroatoms. The van der Waals surface area contributed by atoms with Crippen LogP contribution in [0.2, 0.25) is 0 Å². The zero-order chi connectivity index (χ0) is 16.1. The second-order valence-corrected chi connectivity index (χ2v) is 7.30. The number of rotatable bonds is 6. The van der Waals surface area contributed by atoms with E-state index in [1.165, 1.54) is 63.1 Å². The predicted octanol–water partition coefficient (Wildman–Crippen LogP) is 3.72. The van der Waals surface area contributed by atoms with Gasteiger partial charge in [-0.1, -0.05) is 24.6 Å². The zero-order valence-corrected chi connectivity index (χ0v) is 14.7. The first-order valence-electron chi connectivity index (χ1n) is 9.26. The van der Waals surface area contributed by atoms with Gasteiger partial charge < -0.3 is 4.90 Å². The van der Waals surface area contributed by atoms with E-state index in [4.69, 9.17) is 0 Å². The molecule has 0 N–H and O–H groups in total. The molecule has 2 bridgehead atoms. The number of aromatic nitrogens is 1. The molecule has 3 nitrogen and oxygen atoms in total. The Bertz CT molecular complexity index is 511. The van der Waals surface area contributed by atoms with E-state index in [9.17, 15) is 0 Å². The number of fused-ring (bicyclic) bond motifs is 4. The zero-order valence-electron chi connectivity index (χ0n) is 14.7. The van der Waals surface area contributed by atoms with Gasteiger partial charge >= 0.3 is 0 Å². The number of hydrogen-bond donors (Lipinski definition) is 0. The second-order valence-electron chi connectivity index (χ2n) is 7.30. The van der Waals surface area contributed by atoms with Crippen LogP contribution in [-0.2, 0) is 6.54 Å². The van der Waals surface area contributed by atoms with E-state index in [1.807, 2.05) is 12.3 Å². The molecule has 3 aliphatic rings. The van der Waals surface area contributed by atoms with Crippen LogP contribution >= 0.6 is 0 Å². The van der Waals surface area contributed by atoms with Crippen LogP contribution in [0.3, 0.4) is 0 Å². The van der Waals surface area contributed by atoms with E-state index in [2.05, 4.69) is 46.8 Å². The minimum Gasteiger partial charge on any atom is -0.301 e. The van der Waals surface area contributed by atoms with E-state index >= 15 is 0 Å². The van der Waals surface area contributed by atoms with E-state index in [-0.39, 0.29) is 0 Å². The largest absolute Gasteiger partial charge is 0.301 e. The first kappa shape index (κ1) is 16.7. The van der Waals surface area contributed by atoms with Crippen molar-refractivity contribution in [1.82, 2.24) is 14.8 Å². The third kappa shape index (κ3) is 4.65. The summed E-state index contributed by atoms with van der Waals surface area (Å²) in [6, 6.07) is 6.99. The third-order valence-corrected chi connectivity index (χ3v) is 5.49. The van der Waals surface area contributed by atoms with Crippen molar-refractivity contribution in [1.29, 1.82) is 0 Å². The van der Waals surface area contributed by atoms with Gasteiger partial charge in [-0.3, -0.25) is 9.88 Å². The molecular weight excluding hydrogens is 282 g/mol. The maximum atomic E-state index is 4.52. The topological polar surface area (TPSA) is 19.4 Å². The van der Waals surface area contributed by atoms with Gasteiger partial charge in [-0.05, 0) is 50.7 Å². The summed E-state index contributed by atoms with van der Waals surface area (Å²) in [7, 11) is 0. The molecular formula is C20H31N3. The van der Waals surface area contributed by atoms with Crippen LogP contribution in [-0.4, -0.2) is 47.0 Å². The summed E-state index contributed by atoms with van der Waals surface area (Å²) in [6.45, 7) is 10.5. The summed E-state index contributed by atoms with van der Waals surface area (Å²) in [5.41, 5.74) is 2.74. The van der Waals surface area contributed by atoms with Crippen LogP contribution in [0.5, 0.6) is 0 Å². The molecule has 0 spiro atoms. The molecule has 1 aromatic rings. The Morgan fingerprint density at radius 1 is 1.26 bits per heavy atom. The highest BCUT2D eigenvalue weighted by atomic mass is 15.3. The Morgan fingerprint density at radius 2 is 2.17 bits per heavy atom. The smallest absolute Gasteiger partial charge is 0.0544 e. The van der Waals surface area contributed by atoms with Crippen molar-refractivity contribution in [3.05, 3.63) is 41.7 Å². The lowest BCUT2D eigenvalue weighted by molar-refractivity contribution is 0.122. The average Bonchev–Trinajstić information content (AvgIpc) is 2.86. The highest BCUT2D eigenvalue weighted by Gasteiger charge is 2.34. The van der Waals surface area contributed by atoms with Crippen molar-refractivity contribution in [3.63, 3.8) is 0 Å². The molecule has 0 aromatic carbocycles. The maximum Gasteiger partial charge on any atom is 0.0544 e. The molecule has 3 aliphatic heterocycles. The molecule has 0 unspecified atom stereocenters. The highest BCUT2D eigenvalue weighted by molar-refractivity contribution is 5.05. The standard InChI is InChI=1S/C20H31N3/c1-3-17(2)7-6-12-22-13-18-9-10-20(16-22)23(14-18)15-19-8-4-5-11-21-19/h4-5,7-8,11,18,20H,3,6,9-10,12-16H2,1-2H3/b17-7+/t18-,20+/m1/s1. The molecule has 0 radical (unpaired) electrons. The van der Waals surface area contributed by atoms with E-state index in [0.717, 1.165) is 12.5 Å². The van der Waals surface area contributed by atoms with Gasteiger partial charge in [-0.2, -0.15) is 0 Å². The summed E-state index contributed by atoms with van der Waals surface area (Å²) >= 11 is 0. The third-order valence-electron chi connectivity index (χ3n) is 5.49. The van der Waals surface area contributed by atoms with E-state index in [1.54, 1.807) is 0 Å². The Hall–Kier alpha value is -1.19. The van der Waals surface area contributed by atoms with Crippen LogP contribution < -0.4 is 0 Å².